The van der Waals surface area contributed by atoms with Crippen molar-refractivity contribution in [3.05, 3.63) is 64.9 Å². The first-order valence-electron chi connectivity index (χ1n) is 9.31. The third kappa shape index (κ3) is 3.58. The van der Waals surface area contributed by atoms with Gasteiger partial charge in [-0.3, -0.25) is 4.90 Å². The van der Waals surface area contributed by atoms with E-state index in [1.54, 1.807) is 7.11 Å². The average molecular weight is 376 g/mol. The molecule has 0 aliphatic carbocycles. The van der Waals surface area contributed by atoms with Crippen molar-refractivity contribution < 1.29 is 4.74 Å². The van der Waals surface area contributed by atoms with Crippen LogP contribution in [-0.2, 0) is 24.4 Å². The van der Waals surface area contributed by atoms with Crippen LogP contribution in [0.3, 0.4) is 0 Å². The molecule has 0 radical (unpaired) electrons. The van der Waals surface area contributed by atoms with E-state index in [2.05, 4.69) is 56.9 Å². The molecule has 2 N–H and O–H groups in total. The Hall–Kier alpha value is -2.90. The second kappa shape index (κ2) is 7.61. The Morgan fingerprint density at radius 2 is 2.00 bits per heavy atom. The molecule has 7 nitrogen and oxygen atoms in total. The molecular weight excluding hydrogens is 352 g/mol. The number of nitrogens with zero attached hydrogens (tertiary/aromatic N) is 5. The number of aromatic nitrogens is 4. The lowest BCUT2D eigenvalue weighted by molar-refractivity contribution is 0.177. The van der Waals surface area contributed by atoms with E-state index in [1.807, 2.05) is 18.5 Å². The summed E-state index contributed by atoms with van der Waals surface area (Å²) in [5.74, 6) is 1.00. The van der Waals surface area contributed by atoms with Gasteiger partial charge in [-0.2, -0.15) is 0 Å². The summed E-state index contributed by atoms with van der Waals surface area (Å²) in [4.78, 5) is 20.2. The van der Waals surface area contributed by atoms with E-state index >= 15 is 0 Å². The molecule has 144 valence electrons. The molecule has 0 spiro atoms. The minimum absolute atomic E-state index is 0.141. The van der Waals surface area contributed by atoms with E-state index < -0.39 is 0 Å². The molecular formula is C21H24N6O. The van der Waals surface area contributed by atoms with Crippen LogP contribution >= 0.6 is 0 Å². The van der Waals surface area contributed by atoms with Gasteiger partial charge >= 0.3 is 0 Å². The standard InChI is InChI=1S/C21H24N6O/c1-13-5-4-6-16(7-13)20-17-11-27(14(2)19(17)25-21(22)26-20)10-15-8-23-18(12-28-3)24-9-15/h4-9,14H,10-12H2,1-3H3,(H2,22,25,26)/t14-/m1/s1. The third-order valence-electron chi connectivity index (χ3n) is 5.07. The number of rotatable bonds is 5. The lowest BCUT2D eigenvalue weighted by Crippen LogP contribution is -2.20. The van der Waals surface area contributed by atoms with Gasteiger partial charge in [0, 0.05) is 49.3 Å². The van der Waals surface area contributed by atoms with Crippen LogP contribution in [0.4, 0.5) is 5.95 Å². The largest absolute Gasteiger partial charge is 0.377 e. The second-order valence-electron chi connectivity index (χ2n) is 7.19. The SMILES string of the molecule is COCc1ncc(CN2Cc3c(-c4cccc(C)c4)nc(N)nc3[C@H]2C)cn1. The maximum atomic E-state index is 6.04. The fourth-order valence-corrected chi connectivity index (χ4v) is 3.66. The molecule has 1 aromatic carbocycles. The molecule has 2 aromatic heterocycles. The molecule has 7 heteroatoms. The van der Waals surface area contributed by atoms with Gasteiger partial charge in [-0.05, 0) is 19.9 Å². The van der Waals surface area contributed by atoms with Gasteiger partial charge in [-0.1, -0.05) is 23.8 Å². The van der Waals surface area contributed by atoms with E-state index in [4.69, 9.17) is 10.5 Å². The maximum Gasteiger partial charge on any atom is 0.220 e. The van der Waals surface area contributed by atoms with Crippen LogP contribution in [0, 0.1) is 6.92 Å². The van der Waals surface area contributed by atoms with Crippen molar-refractivity contribution in [2.75, 3.05) is 12.8 Å². The lowest BCUT2D eigenvalue weighted by Gasteiger charge is -2.20. The number of hydrogen-bond donors (Lipinski definition) is 1. The van der Waals surface area contributed by atoms with Gasteiger partial charge in [0.2, 0.25) is 5.95 Å². The topological polar surface area (TPSA) is 90.0 Å². The average Bonchev–Trinajstić information content (AvgIpc) is 2.99. The van der Waals surface area contributed by atoms with Crippen molar-refractivity contribution in [3.8, 4) is 11.3 Å². The zero-order chi connectivity index (χ0) is 19.7. The monoisotopic (exact) mass is 376 g/mol. The molecule has 0 saturated carbocycles. The summed E-state index contributed by atoms with van der Waals surface area (Å²) < 4.78 is 5.07. The van der Waals surface area contributed by atoms with Crippen LogP contribution < -0.4 is 5.73 Å². The molecule has 1 aliphatic heterocycles. The highest BCUT2D eigenvalue weighted by atomic mass is 16.5. The number of benzene rings is 1. The number of aryl methyl sites for hydroxylation is 1. The van der Waals surface area contributed by atoms with E-state index in [0.717, 1.165) is 41.2 Å². The van der Waals surface area contributed by atoms with Crippen LogP contribution in [0.25, 0.3) is 11.3 Å². The van der Waals surface area contributed by atoms with Crippen molar-refractivity contribution in [2.24, 2.45) is 0 Å². The zero-order valence-electron chi connectivity index (χ0n) is 16.4. The van der Waals surface area contributed by atoms with Crippen LogP contribution in [0.2, 0.25) is 0 Å². The van der Waals surface area contributed by atoms with Crippen LogP contribution in [0.5, 0.6) is 0 Å². The van der Waals surface area contributed by atoms with E-state index in [1.165, 1.54) is 5.56 Å². The Labute approximate surface area is 164 Å². The highest BCUT2D eigenvalue weighted by Crippen LogP contribution is 2.38. The third-order valence-corrected chi connectivity index (χ3v) is 5.07. The fraction of sp³-hybridized carbons (Fsp3) is 0.333. The highest BCUT2D eigenvalue weighted by Gasteiger charge is 2.32. The normalized spacial score (nSPS) is 16.3. The van der Waals surface area contributed by atoms with Gasteiger partial charge in [-0.15, -0.1) is 0 Å². The summed E-state index contributed by atoms with van der Waals surface area (Å²) in [6.07, 6.45) is 3.72. The van der Waals surface area contributed by atoms with Gasteiger partial charge in [0.1, 0.15) is 6.61 Å². The molecule has 0 fully saturated rings. The summed E-state index contributed by atoms with van der Waals surface area (Å²) >= 11 is 0. The summed E-state index contributed by atoms with van der Waals surface area (Å²) in [5.41, 5.74) is 12.4. The van der Waals surface area contributed by atoms with Gasteiger partial charge in [-0.25, -0.2) is 19.9 Å². The van der Waals surface area contributed by atoms with Crippen LogP contribution in [0.1, 0.15) is 41.2 Å². The molecule has 1 atom stereocenters. The second-order valence-corrected chi connectivity index (χ2v) is 7.19. The van der Waals surface area contributed by atoms with Gasteiger partial charge in [0.25, 0.3) is 0 Å². The van der Waals surface area contributed by atoms with Gasteiger partial charge < -0.3 is 10.5 Å². The number of methoxy groups -OCH3 is 1. The highest BCUT2D eigenvalue weighted by molar-refractivity contribution is 5.66. The minimum atomic E-state index is 0.141. The fourth-order valence-electron chi connectivity index (χ4n) is 3.66. The molecule has 0 unspecified atom stereocenters. The minimum Gasteiger partial charge on any atom is -0.377 e. The van der Waals surface area contributed by atoms with E-state index in [0.29, 0.717) is 18.4 Å². The van der Waals surface area contributed by atoms with Gasteiger partial charge in [0.15, 0.2) is 5.82 Å². The first-order chi connectivity index (χ1) is 13.5. The molecule has 3 heterocycles. The van der Waals surface area contributed by atoms with Crippen molar-refractivity contribution >= 4 is 5.95 Å². The first kappa shape index (κ1) is 18.5. The Bertz CT molecular complexity index is 989. The van der Waals surface area contributed by atoms with E-state index in [-0.39, 0.29) is 6.04 Å². The molecule has 1 aliphatic rings. The number of nitrogen functional groups attached to an aromatic ring is 1. The Balaban J connectivity index is 1.62. The number of hydrogen-bond acceptors (Lipinski definition) is 7. The quantitative estimate of drug-likeness (QED) is 0.732. The van der Waals surface area contributed by atoms with Crippen LogP contribution in [0.15, 0.2) is 36.7 Å². The van der Waals surface area contributed by atoms with Crippen LogP contribution in [-0.4, -0.2) is 31.9 Å². The Morgan fingerprint density at radius 1 is 1.21 bits per heavy atom. The van der Waals surface area contributed by atoms with Crippen molar-refractivity contribution in [2.45, 2.75) is 39.6 Å². The molecule has 3 aromatic rings. The summed E-state index contributed by atoms with van der Waals surface area (Å²) in [6, 6.07) is 8.48. The Kier molecular flexibility index (Phi) is 5.02. The molecule has 4 rings (SSSR count). The summed E-state index contributed by atoms with van der Waals surface area (Å²) in [5, 5.41) is 0. The van der Waals surface area contributed by atoms with Gasteiger partial charge in [0.05, 0.1) is 17.4 Å². The molecule has 0 bridgehead atoms. The predicted molar refractivity (Wildman–Crippen MR) is 107 cm³/mol. The smallest absolute Gasteiger partial charge is 0.220 e. The summed E-state index contributed by atoms with van der Waals surface area (Å²) in [7, 11) is 1.64. The first-order valence-corrected chi connectivity index (χ1v) is 9.31. The summed E-state index contributed by atoms with van der Waals surface area (Å²) in [6.45, 7) is 6.15. The van der Waals surface area contributed by atoms with Crippen molar-refractivity contribution in [1.29, 1.82) is 0 Å². The van der Waals surface area contributed by atoms with Crippen molar-refractivity contribution in [1.82, 2.24) is 24.8 Å². The molecule has 0 saturated heterocycles. The van der Waals surface area contributed by atoms with Crippen molar-refractivity contribution in [3.63, 3.8) is 0 Å². The number of anilines is 1. The number of fused-ring (bicyclic) bond motifs is 1. The number of ether oxygens (including phenoxy) is 1. The van der Waals surface area contributed by atoms with E-state index in [9.17, 15) is 0 Å². The lowest BCUT2D eigenvalue weighted by atomic mass is 10.0. The Morgan fingerprint density at radius 3 is 2.71 bits per heavy atom. The predicted octanol–water partition coefficient (Wildman–Crippen LogP) is 3.05. The molecule has 0 amide bonds. The molecule has 28 heavy (non-hydrogen) atoms. The maximum absolute atomic E-state index is 6.04. The zero-order valence-corrected chi connectivity index (χ0v) is 16.4. The number of nitrogens with two attached hydrogens (primary N) is 1.